The third kappa shape index (κ3) is 4.00. The molecule has 0 heterocycles. The van der Waals surface area contributed by atoms with Crippen molar-refractivity contribution >= 4 is 51.9 Å². The summed E-state index contributed by atoms with van der Waals surface area (Å²) in [5.41, 5.74) is 1.63. The summed E-state index contributed by atoms with van der Waals surface area (Å²) >= 11 is 17.1. The van der Waals surface area contributed by atoms with Crippen LogP contribution in [-0.4, -0.2) is 12.2 Å². The van der Waals surface area contributed by atoms with Crippen LogP contribution in [0.3, 0.4) is 0 Å². The Bertz CT molecular complexity index is 617. The monoisotopic (exact) mass is 326 g/mol. The summed E-state index contributed by atoms with van der Waals surface area (Å²) in [4.78, 5) is 0. The third-order valence-electron chi connectivity index (χ3n) is 2.51. The van der Waals surface area contributed by atoms with Crippen molar-refractivity contribution in [2.24, 2.45) is 0 Å². The smallest absolute Gasteiger partial charge is 0.175 e. The number of ether oxygens (including phenoxy) is 1. The number of methoxy groups -OCH3 is 1. The molecule has 0 aliphatic rings. The summed E-state index contributed by atoms with van der Waals surface area (Å²) in [7, 11) is 1.57. The number of nitrogens with one attached hydrogen (secondary N) is 2. The van der Waals surface area contributed by atoms with Crippen LogP contribution in [0.5, 0.6) is 5.75 Å². The molecule has 0 saturated carbocycles. The molecule has 0 aliphatic heterocycles. The standard InChI is InChI=1S/C14H12Cl2N2OS/c1-19-13-7-6-11(8-12(13)16)18-14(20)17-10-4-2-9(15)3-5-10/h2-8H,1H3,(H2,17,18,20). The van der Waals surface area contributed by atoms with E-state index in [1.165, 1.54) is 0 Å². The Morgan fingerprint density at radius 1 is 1.00 bits per heavy atom. The summed E-state index contributed by atoms with van der Waals surface area (Å²) < 4.78 is 5.09. The molecule has 0 unspecified atom stereocenters. The fourth-order valence-electron chi connectivity index (χ4n) is 1.57. The molecule has 0 atom stereocenters. The molecule has 20 heavy (non-hydrogen) atoms. The Morgan fingerprint density at radius 3 is 2.20 bits per heavy atom. The zero-order chi connectivity index (χ0) is 14.5. The molecule has 0 aliphatic carbocycles. The molecule has 0 radical (unpaired) electrons. The Labute approximate surface area is 132 Å². The van der Waals surface area contributed by atoms with Crippen molar-refractivity contribution in [1.29, 1.82) is 0 Å². The molecule has 2 aromatic carbocycles. The van der Waals surface area contributed by atoms with Crippen LogP contribution in [0.4, 0.5) is 11.4 Å². The highest BCUT2D eigenvalue weighted by atomic mass is 35.5. The van der Waals surface area contributed by atoms with Crippen LogP contribution in [0.2, 0.25) is 10.0 Å². The van der Waals surface area contributed by atoms with Crippen LogP contribution < -0.4 is 15.4 Å². The van der Waals surface area contributed by atoms with Gasteiger partial charge >= 0.3 is 0 Å². The summed E-state index contributed by atoms with van der Waals surface area (Å²) in [5, 5.41) is 7.76. The van der Waals surface area contributed by atoms with Gasteiger partial charge in [-0.05, 0) is 54.7 Å². The summed E-state index contributed by atoms with van der Waals surface area (Å²) in [6, 6.07) is 12.6. The number of halogens is 2. The topological polar surface area (TPSA) is 33.3 Å². The van der Waals surface area contributed by atoms with Gasteiger partial charge in [-0.15, -0.1) is 0 Å². The van der Waals surface area contributed by atoms with Gasteiger partial charge in [-0.25, -0.2) is 0 Å². The van der Waals surface area contributed by atoms with E-state index in [2.05, 4.69) is 10.6 Å². The third-order valence-corrected chi connectivity index (χ3v) is 3.26. The fourth-order valence-corrected chi connectivity index (χ4v) is 2.19. The second-order valence-electron chi connectivity index (χ2n) is 3.94. The van der Waals surface area contributed by atoms with E-state index in [1.807, 2.05) is 18.2 Å². The van der Waals surface area contributed by atoms with Gasteiger partial charge in [0.1, 0.15) is 5.75 Å². The number of hydrogen-bond acceptors (Lipinski definition) is 2. The minimum Gasteiger partial charge on any atom is -0.495 e. The molecule has 0 saturated heterocycles. The van der Waals surface area contributed by atoms with E-state index in [1.54, 1.807) is 31.4 Å². The van der Waals surface area contributed by atoms with Crippen molar-refractivity contribution in [3.8, 4) is 5.75 Å². The van der Waals surface area contributed by atoms with Gasteiger partial charge < -0.3 is 15.4 Å². The summed E-state index contributed by atoms with van der Waals surface area (Å²) in [5.74, 6) is 0.619. The van der Waals surface area contributed by atoms with Crippen LogP contribution >= 0.6 is 35.4 Å². The van der Waals surface area contributed by atoms with Gasteiger partial charge in [0.15, 0.2) is 5.11 Å². The van der Waals surface area contributed by atoms with E-state index in [0.29, 0.717) is 20.9 Å². The predicted octanol–water partition coefficient (Wildman–Crippen LogP) is 4.81. The Kier molecular flexibility index (Phi) is 5.06. The van der Waals surface area contributed by atoms with Crippen LogP contribution in [-0.2, 0) is 0 Å². The molecular weight excluding hydrogens is 315 g/mol. The van der Waals surface area contributed by atoms with E-state index in [9.17, 15) is 0 Å². The van der Waals surface area contributed by atoms with Gasteiger partial charge in [0.25, 0.3) is 0 Å². The largest absolute Gasteiger partial charge is 0.495 e. The minimum absolute atomic E-state index is 0.466. The highest BCUT2D eigenvalue weighted by Gasteiger charge is 2.03. The highest BCUT2D eigenvalue weighted by molar-refractivity contribution is 7.80. The quantitative estimate of drug-likeness (QED) is 0.793. The van der Waals surface area contributed by atoms with Gasteiger partial charge in [-0.1, -0.05) is 23.2 Å². The molecule has 0 bridgehead atoms. The Balaban J connectivity index is 2.01. The molecule has 104 valence electrons. The number of benzene rings is 2. The maximum atomic E-state index is 6.05. The van der Waals surface area contributed by atoms with E-state index in [0.717, 1.165) is 11.4 Å². The maximum Gasteiger partial charge on any atom is 0.175 e. The Morgan fingerprint density at radius 2 is 1.60 bits per heavy atom. The maximum absolute atomic E-state index is 6.05. The second kappa shape index (κ2) is 6.79. The molecule has 2 rings (SSSR count). The van der Waals surface area contributed by atoms with Gasteiger partial charge in [0.2, 0.25) is 0 Å². The molecule has 0 aromatic heterocycles. The lowest BCUT2D eigenvalue weighted by Gasteiger charge is -2.11. The first kappa shape index (κ1) is 14.9. The zero-order valence-corrected chi connectivity index (χ0v) is 12.9. The van der Waals surface area contributed by atoms with Gasteiger partial charge in [-0.3, -0.25) is 0 Å². The van der Waals surface area contributed by atoms with Gasteiger partial charge in [-0.2, -0.15) is 0 Å². The molecule has 0 amide bonds. The molecular formula is C14H12Cl2N2OS. The number of hydrogen-bond donors (Lipinski definition) is 2. The van der Waals surface area contributed by atoms with Crippen LogP contribution in [0.15, 0.2) is 42.5 Å². The van der Waals surface area contributed by atoms with E-state index in [4.69, 9.17) is 40.2 Å². The van der Waals surface area contributed by atoms with Crippen molar-refractivity contribution in [1.82, 2.24) is 0 Å². The molecule has 0 fully saturated rings. The molecule has 0 spiro atoms. The SMILES string of the molecule is COc1ccc(NC(=S)Nc2ccc(Cl)cc2)cc1Cl. The fraction of sp³-hybridized carbons (Fsp3) is 0.0714. The molecule has 2 N–H and O–H groups in total. The lowest BCUT2D eigenvalue weighted by atomic mass is 10.3. The molecule has 2 aromatic rings. The van der Waals surface area contributed by atoms with Gasteiger partial charge in [0, 0.05) is 16.4 Å². The lowest BCUT2D eigenvalue weighted by molar-refractivity contribution is 0.415. The van der Waals surface area contributed by atoms with E-state index < -0.39 is 0 Å². The Hall–Kier alpha value is -1.49. The number of anilines is 2. The van der Waals surface area contributed by atoms with Crippen molar-refractivity contribution in [2.45, 2.75) is 0 Å². The van der Waals surface area contributed by atoms with Gasteiger partial charge in [0.05, 0.1) is 12.1 Å². The van der Waals surface area contributed by atoms with Crippen molar-refractivity contribution in [3.05, 3.63) is 52.5 Å². The average molecular weight is 327 g/mol. The van der Waals surface area contributed by atoms with Crippen LogP contribution in [0.25, 0.3) is 0 Å². The van der Waals surface area contributed by atoms with Crippen LogP contribution in [0.1, 0.15) is 0 Å². The average Bonchev–Trinajstić information content (AvgIpc) is 2.41. The normalized spacial score (nSPS) is 9.95. The molecule has 3 nitrogen and oxygen atoms in total. The lowest BCUT2D eigenvalue weighted by Crippen LogP contribution is -2.18. The summed E-state index contributed by atoms with van der Waals surface area (Å²) in [6.45, 7) is 0. The van der Waals surface area contributed by atoms with E-state index >= 15 is 0 Å². The first-order valence-electron chi connectivity index (χ1n) is 5.75. The highest BCUT2D eigenvalue weighted by Crippen LogP contribution is 2.27. The molecule has 6 heteroatoms. The number of rotatable bonds is 3. The first-order chi connectivity index (χ1) is 9.58. The summed E-state index contributed by atoms with van der Waals surface area (Å²) in [6.07, 6.45) is 0. The van der Waals surface area contributed by atoms with Crippen molar-refractivity contribution in [2.75, 3.05) is 17.7 Å². The van der Waals surface area contributed by atoms with E-state index in [-0.39, 0.29) is 0 Å². The van der Waals surface area contributed by atoms with Crippen molar-refractivity contribution in [3.63, 3.8) is 0 Å². The zero-order valence-electron chi connectivity index (χ0n) is 10.6. The first-order valence-corrected chi connectivity index (χ1v) is 6.92. The second-order valence-corrected chi connectivity index (χ2v) is 5.19. The minimum atomic E-state index is 0.466. The van der Waals surface area contributed by atoms with Crippen LogP contribution in [0, 0.1) is 0 Å². The van der Waals surface area contributed by atoms with Crippen molar-refractivity contribution < 1.29 is 4.74 Å². The number of thiocarbonyl (C=S) groups is 1. The predicted molar refractivity (Wildman–Crippen MR) is 89.3 cm³/mol.